The molecule has 0 saturated carbocycles. The van der Waals surface area contributed by atoms with E-state index in [1.807, 2.05) is 0 Å². The zero-order chi connectivity index (χ0) is 15.5. The second-order valence-corrected chi connectivity index (χ2v) is 6.43. The van der Waals surface area contributed by atoms with Gasteiger partial charge in [0.2, 0.25) is 10.0 Å². The summed E-state index contributed by atoms with van der Waals surface area (Å²) >= 11 is 0. The fraction of sp³-hybridized carbons (Fsp3) is 0.385. The SMILES string of the molecule is NS(=O)(=O)c1ccc(CNC(=O)C(=O)N2CCCC2)cc1. The Bertz CT molecular complexity index is 634. The van der Waals surface area contributed by atoms with Gasteiger partial charge in [-0.15, -0.1) is 0 Å². The largest absolute Gasteiger partial charge is 0.344 e. The molecule has 0 unspecified atom stereocenters. The predicted octanol–water partition coefficient (Wildman–Crippen LogP) is -0.427. The Kier molecular flexibility index (Phi) is 4.59. The first-order valence-corrected chi connectivity index (χ1v) is 8.11. The Labute approximate surface area is 123 Å². The van der Waals surface area contributed by atoms with Crippen molar-refractivity contribution in [3.63, 3.8) is 0 Å². The molecule has 1 aromatic rings. The van der Waals surface area contributed by atoms with Gasteiger partial charge in [-0.3, -0.25) is 9.59 Å². The van der Waals surface area contributed by atoms with Crippen LogP contribution in [0.2, 0.25) is 0 Å². The number of hydrogen-bond acceptors (Lipinski definition) is 4. The van der Waals surface area contributed by atoms with E-state index in [4.69, 9.17) is 5.14 Å². The minimum absolute atomic E-state index is 0.00530. The molecule has 1 heterocycles. The molecule has 0 aromatic heterocycles. The van der Waals surface area contributed by atoms with Crippen molar-refractivity contribution in [3.8, 4) is 0 Å². The standard InChI is InChI=1S/C13H17N3O4S/c14-21(19,20)11-5-3-10(4-6-11)9-15-12(17)13(18)16-7-1-2-8-16/h3-6H,1-2,7-9H2,(H,15,17)(H2,14,19,20). The minimum Gasteiger partial charge on any atom is -0.344 e. The molecule has 2 rings (SSSR count). The van der Waals surface area contributed by atoms with Crippen LogP contribution in [-0.2, 0) is 26.2 Å². The number of nitrogens with zero attached hydrogens (tertiary/aromatic N) is 1. The number of benzene rings is 1. The maximum atomic E-state index is 11.8. The zero-order valence-electron chi connectivity index (χ0n) is 11.4. The number of nitrogens with two attached hydrogens (primary N) is 1. The molecule has 8 heteroatoms. The Hall–Kier alpha value is -1.93. The van der Waals surface area contributed by atoms with Crippen molar-refractivity contribution in [2.75, 3.05) is 13.1 Å². The van der Waals surface area contributed by atoms with E-state index in [0.29, 0.717) is 18.7 Å². The van der Waals surface area contributed by atoms with Gasteiger partial charge in [0.15, 0.2) is 0 Å². The lowest BCUT2D eigenvalue weighted by Crippen LogP contribution is -2.41. The molecule has 2 amide bonds. The van der Waals surface area contributed by atoms with Crippen LogP contribution < -0.4 is 10.5 Å². The molecule has 114 valence electrons. The predicted molar refractivity (Wildman–Crippen MR) is 75.5 cm³/mol. The molecule has 0 radical (unpaired) electrons. The summed E-state index contributed by atoms with van der Waals surface area (Å²) in [4.78, 5) is 25.0. The number of sulfonamides is 1. The third-order valence-electron chi connectivity index (χ3n) is 3.29. The van der Waals surface area contributed by atoms with E-state index in [-0.39, 0.29) is 11.4 Å². The van der Waals surface area contributed by atoms with Gasteiger partial charge >= 0.3 is 11.8 Å². The van der Waals surface area contributed by atoms with Gasteiger partial charge in [-0.1, -0.05) is 12.1 Å². The minimum atomic E-state index is -3.72. The molecule has 0 bridgehead atoms. The average molecular weight is 311 g/mol. The molecule has 7 nitrogen and oxygen atoms in total. The van der Waals surface area contributed by atoms with E-state index in [0.717, 1.165) is 12.8 Å². The second kappa shape index (κ2) is 6.23. The van der Waals surface area contributed by atoms with Crippen LogP contribution in [0, 0.1) is 0 Å². The number of nitrogens with one attached hydrogen (secondary N) is 1. The van der Waals surface area contributed by atoms with Gasteiger partial charge in [0.1, 0.15) is 0 Å². The van der Waals surface area contributed by atoms with Crippen molar-refractivity contribution in [2.45, 2.75) is 24.3 Å². The highest BCUT2D eigenvalue weighted by atomic mass is 32.2. The van der Waals surface area contributed by atoms with Gasteiger partial charge in [-0.25, -0.2) is 13.6 Å². The van der Waals surface area contributed by atoms with E-state index in [9.17, 15) is 18.0 Å². The van der Waals surface area contributed by atoms with Crippen molar-refractivity contribution in [1.82, 2.24) is 10.2 Å². The molecule has 0 spiro atoms. The van der Waals surface area contributed by atoms with Gasteiger partial charge in [-0.2, -0.15) is 0 Å². The lowest BCUT2D eigenvalue weighted by Gasteiger charge is -2.14. The van der Waals surface area contributed by atoms with E-state index >= 15 is 0 Å². The van der Waals surface area contributed by atoms with Gasteiger partial charge in [0.25, 0.3) is 0 Å². The lowest BCUT2D eigenvalue weighted by atomic mass is 10.2. The summed E-state index contributed by atoms with van der Waals surface area (Å²) in [6, 6.07) is 5.80. The number of carbonyl (C=O) groups excluding carboxylic acids is 2. The number of hydrogen-bond donors (Lipinski definition) is 2. The summed E-state index contributed by atoms with van der Waals surface area (Å²) in [6.07, 6.45) is 1.85. The first-order chi connectivity index (χ1) is 9.88. The fourth-order valence-corrected chi connectivity index (χ4v) is 2.63. The highest BCUT2D eigenvalue weighted by Crippen LogP contribution is 2.09. The highest BCUT2D eigenvalue weighted by Gasteiger charge is 2.23. The molecule has 1 saturated heterocycles. The first kappa shape index (κ1) is 15.5. The van der Waals surface area contributed by atoms with Gasteiger partial charge in [0.05, 0.1) is 4.90 Å². The van der Waals surface area contributed by atoms with Crippen LogP contribution in [0.15, 0.2) is 29.2 Å². The molecule has 0 aliphatic carbocycles. The second-order valence-electron chi connectivity index (χ2n) is 4.87. The maximum Gasteiger partial charge on any atom is 0.311 e. The molecule has 1 aromatic carbocycles. The van der Waals surface area contributed by atoms with Crippen molar-refractivity contribution in [2.24, 2.45) is 5.14 Å². The van der Waals surface area contributed by atoms with Gasteiger partial charge in [-0.05, 0) is 30.5 Å². The van der Waals surface area contributed by atoms with E-state index in [2.05, 4.69) is 5.32 Å². The topological polar surface area (TPSA) is 110 Å². The van der Waals surface area contributed by atoms with E-state index in [1.165, 1.54) is 17.0 Å². The number of amides is 2. The summed E-state index contributed by atoms with van der Waals surface area (Å²) in [5.41, 5.74) is 0.685. The van der Waals surface area contributed by atoms with Crippen LogP contribution in [0.4, 0.5) is 0 Å². The summed E-state index contributed by atoms with van der Waals surface area (Å²) in [6.45, 7) is 1.40. The van der Waals surface area contributed by atoms with Gasteiger partial charge in [0, 0.05) is 19.6 Å². The number of likely N-dealkylation sites (tertiary alicyclic amines) is 1. The Morgan fingerprint density at radius 1 is 1.14 bits per heavy atom. The monoisotopic (exact) mass is 311 g/mol. The fourth-order valence-electron chi connectivity index (χ4n) is 2.12. The van der Waals surface area contributed by atoms with Crippen LogP contribution in [0.1, 0.15) is 18.4 Å². The van der Waals surface area contributed by atoms with E-state index in [1.54, 1.807) is 12.1 Å². The summed E-state index contributed by atoms with van der Waals surface area (Å²) < 4.78 is 22.2. The summed E-state index contributed by atoms with van der Waals surface area (Å²) in [5.74, 6) is -1.17. The Morgan fingerprint density at radius 2 is 1.71 bits per heavy atom. The molecule has 1 fully saturated rings. The molecule has 1 aliphatic heterocycles. The molecule has 1 aliphatic rings. The van der Waals surface area contributed by atoms with Crippen molar-refractivity contribution >= 4 is 21.8 Å². The number of rotatable bonds is 3. The Morgan fingerprint density at radius 3 is 2.24 bits per heavy atom. The average Bonchev–Trinajstić information content (AvgIpc) is 2.97. The third-order valence-corrected chi connectivity index (χ3v) is 4.22. The van der Waals surface area contributed by atoms with Crippen LogP contribution in [0.25, 0.3) is 0 Å². The molecular weight excluding hydrogens is 294 g/mol. The molecule has 21 heavy (non-hydrogen) atoms. The smallest absolute Gasteiger partial charge is 0.311 e. The summed E-state index contributed by atoms with van der Waals surface area (Å²) in [7, 11) is -3.72. The van der Waals surface area contributed by atoms with Crippen molar-refractivity contribution in [3.05, 3.63) is 29.8 Å². The number of carbonyl (C=O) groups is 2. The molecule has 0 atom stereocenters. The Balaban J connectivity index is 1.90. The van der Waals surface area contributed by atoms with Gasteiger partial charge < -0.3 is 10.2 Å². The van der Waals surface area contributed by atoms with Crippen molar-refractivity contribution < 1.29 is 18.0 Å². The quantitative estimate of drug-likeness (QED) is 0.738. The summed E-state index contributed by atoms with van der Waals surface area (Å²) in [5, 5.41) is 7.51. The third kappa shape index (κ3) is 4.02. The zero-order valence-corrected chi connectivity index (χ0v) is 12.2. The van der Waals surface area contributed by atoms with Crippen LogP contribution in [0.5, 0.6) is 0 Å². The molecular formula is C13H17N3O4S. The van der Waals surface area contributed by atoms with Crippen molar-refractivity contribution in [1.29, 1.82) is 0 Å². The van der Waals surface area contributed by atoms with Crippen LogP contribution in [-0.4, -0.2) is 38.2 Å². The lowest BCUT2D eigenvalue weighted by molar-refractivity contribution is -0.145. The number of primary sulfonamides is 1. The van der Waals surface area contributed by atoms with Crippen LogP contribution >= 0.6 is 0 Å². The molecule has 3 N–H and O–H groups in total. The normalized spacial score (nSPS) is 15.0. The first-order valence-electron chi connectivity index (χ1n) is 6.57. The highest BCUT2D eigenvalue weighted by molar-refractivity contribution is 7.89. The maximum absolute atomic E-state index is 11.8. The van der Waals surface area contributed by atoms with Crippen LogP contribution in [0.3, 0.4) is 0 Å². The van der Waals surface area contributed by atoms with E-state index < -0.39 is 21.8 Å².